The molecule has 0 radical (unpaired) electrons. The lowest BCUT2D eigenvalue weighted by Crippen LogP contribution is -2.41. The van der Waals surface area contributed by atoms with Gasteiger partial charge in [0.2, 0.25) is 5.75 Å². The van der Waals surface area contributed by atoms with Crippen LogP contribution in [0.1, 0.15) is 23.2 Å². The predicted molar refractivity (Wildman–Crippen MR) is 117 cm³/mol. The quantitative estimate of drug-likeness (QED) is 0.590. The SMILES string of the molecule is COc1cc(NC(=O)NC2CCc3c([nH]c4ccc(C)cc34)C2)cc(OC)c1OC. The van der Waals surface area contributed by atoms with Gasteiger partial charge in [0.15, 0.2) is 11.5 Å². The molecule has 0 aliphatic heterocycles. The Hall–Kier alpha value is -3.35. The van der Waals surface area contributed by atoms with E-state index in [1.165, 1.54) is 22.2 Å². The van der Waals surface area contributed by atoms with Gasteiger partial charge < -0.3 is 29.8 Å². The maximum absolute atomic E-state index is 12.6. The van der Waals surface area contributed by atoms with E-state index in [-0.39, 0.29) is 12.1 Å². The van der Waals surface area contributed by atoms with Crippen molar-refractivity contribution in [3.05, 3.63) is 47.2 Å². The third kappa shape index (κ3) is 3.75. The van der Waals surface area contributed by atoms with Gasteiger partial charge in [0.05, 0.1) is 27.0 Å². The Morgan fingerprint density at radius 3 is 2.47 bits per heavy atom. The van der Waals surface area contributed by atoms with E-state index in [0.717, 1.165) is 24.8 Å². The molecule has 3 aromatic rings. The minimum Gasteiger partial charge on any atom is -0.493 e. The zero-order valence-corrected chi connectivity index (χ0v) is 17.7. The van der Waals surface area contributed by atoms with Gasteiger partial charge in [0.25, 0.3) is 0 Å². The number of H-pyrrole nitrogens is 1. The number of benzene rings is 2. The van der Waals surface area contributed by atoms with Crippen LogP contribution in [-0.2, 0) is 12.8 Å². The first-order valence-electron chi connectivity index (χ1n) is 10.00. The Morgan fingerprint density at radius 2 is 1.80 bits per heavy atom. The highest BCUT2D eigenvalue weighted by atomic mass is 16.5. The highest BCUT2D eigenvalue weighted by Gasteiger charge is 2.24. The van der Waals surface area contributed by atoms with Gasteiger partial charge in [0.1, 0.15) is 0 Å². The normalized spacial score (nSPS) is 15.4. The van der Waals surface area contributed by atoms with Crippen molar-refractivity contribution in [1.82, 2.24) is 10.3 Å². The number of nitrogens with one attached hydrogen (secondary N) is 3. The molecular formula is C23H27N3O4. The molecule has 0 bridgehead atoms. The number of carbonyl (C=O) groups is 1. The molecule has 7 nitrogen and oxygen atoms in total. The van der Waals surface area contributed by atoms with E-state index in [1.54, 1.807) is 33.5 Å². The van der Waals surface area contributed by atoms with Crippen LogP contribution in [0.25, 0.3) is 10.9 Å². The lowest BCUT2D eigenvalue weighted by atomic mass is 9.91. The molecule has 158 valence electrons. The molecule has 2 aromatic carbocycles. The summed E-state index contributed by atoms with van der Waals surface area (Å²) >= 11 is 0. The van der Waals surface area contributed by atoms with E-state index in [9.17, 15) is 4.79 Å². The number of hydrogen-bond donors (Lipinski definition) is 3. The van der Waals surface area contributed by atoms with Gasteiger partial charge >= 0.3 is 6.03 Å². The second kappa shape index (κ2) is 8.18. The summed E-state index contributed by atoms with van der Waals surface area (Å²) in [4.78, 5) is 16.1. The highest BCUT2D eigenvalue weighted by Crippen LogP contribution is 2.40. The van der Waals surface area contributed by atoms with Crippen LogP contribution in [0.3, 0.4) is 0 Å². The number of aromatic amines is 1. The fraction of sp³-hybridized carbons (Fsp3) is 0.348. The molecule has 1 atom stereocenters. The Balaban J connectivity index is 1.46. The maximum atomic E-state index is 12.6. The molecule has 1 heterocycles. The van der Waals surface area contributed by atoms with Gasteiger partial charge in [0, 0.05) is 41.2 Å². The molecule has 3 N–H and O–H groups in total. The fourth-order valence-corrected chi connectivity index (χ4v) is 4.17. The van der Waals surface area contributed by atoms with Crippen molar-refractivity contribution in [2.45, 2.75) is 32.2 Å². The summed E-state index contributed by atoms with van der Waals surface area (Å²) in [5, 5.41) is 7.25. The number of aromatic nitrogens is 1. The number of hydrogen-bond acceptors (Lipinski definition) is 4. The van der Waals surface area contributed by atoms with E-state index >= 15 is 0 Å². The Labute approximate surface area is 175 Å². The topological polar surface area (TPSA) is 84.6 Å². The van der Waals surface area contributed by atoms with Crippen molar-refractivity contribution in [3.8, 4) is 17.2 Å². The molecule has 30 heavy (non-hydrogen) atoms. The molecule has 1 aliphatic rings. The minimum atomic E-state index is -0.260. The molecule has 1 unspecified atom stereocenters. The van der Waals surface area contributed by atoms with Crippen LogP contribution >= 0.6 is 0 Å². The summed E-state index contributed by atoms with van der Waals surface area (Å²) < 4.78 is 16.0. The van der Waals surface area contributed by atoms with Crippen LogP contribution in [0.5, 0.6) is 17.2 Å². The number of amides is 2. The standard InChI is InChI=1S/C23H27N3O4/c1-13-5-8-18-17(9-13)16-7-6-14(10-19(16)26-18)24-23(27)25-15-11-20(28-2)22(30-4)21(12-15)29-3/h5,8-9,11-12,14,26H,6-7,10H2,1-4H3,(H2,24,25,27). The van der Waals surface area contributed by atoms with Crippen molar-refractivity contribution in [3.63, 3.8) is 0 Å². The average Bonchev–Trinajstić information content (AvgIpc) is 3.09. The first-order valence-corrected chi connectivity index (χ1v) is 10.00. The molecule has 2 amide bonds. The first-order chi connectivity index (χ1) is 14.5. The van der Waals surface area contributed by atoms with E-state index < -0.39 is 0 Å². The number of aryl methyl sites for hydroxylation is 2. The number of anilines is 1. The van der Waals surface area contributed by atoms with Crippen LogP contribution in [-0.4, -0.2) is 38.4 Å². The van der Waals surface area contributed by atoms with Crippen molar-refractivity contribution < 1.29 is 19.0 Å². The molecule has 0 spiro atoms. The van der Waals surface area contributed by atoms with Gasteiger partial charge in [-0.1, -0.05) is 11.6 Å². The van der Waals surface area contributed by atoms with Gasteiger partial charge in [-0.05, 0) is 37.5 Å². The predicted octanol–water partition coefficient (Wildman–Crippen LogP) is 4.18. The van der Waals surface area contributed by atoms with Crippen LogP contribution < -0.4 is 24.8 Å². The van der Waals surface area contributed by atoms with Crippen LogP contribution in [0.4, 0.5) is 10.5 Å². The van der Waals surface area contributed by atoms with Gasteiger partial charge in [-0.25, -0.2) is 4.79 Å². The Kier molecular flexibility index (Phi) is 5.44. The molecular weight excluding hydrogens is 382 g/mol. The third-order valence-electron chi connectivity index (χ3n) is 5.60. The number of fused-ring (bicyclic) bond motifs is 3. The number of methoxy groups -OCH3 is 3. The van der Waals surface area contributed by atoms with Crippen molar-refractivity contribution >= 4 is 22.6 Å². The summed E-state index contributed by atoms with van der Waals surface area (Å²) in [6.45, 7) is 2.11. The van der Waals surface area contributed by atoms with Crippen LogP contribution in [0.15, 0.2) is 30.3 Å². The summed E-state index contributed by atoms with van der Waals surface area (Å²) in [5.74, 6) is 1.46. The van der Waals surface area contributed by atoms with E-state index in [0.29, 0.717) is 22.9 Å². The van der Waals surface area contributed by atoms with Gasteiger partial charge in [-0.2, -0.15) is 0 Å². The number of rotatable bonds is 5. The largest absolute Gasteiger partial charge is 0.493 e. The Morgan fingerprint density at radius 1 is 1.07 bits per heavy atom. The second-order valence-corrected chi connectivity index (χ2v) is 7.58. The van der Waals surface area contributed by atoms with Crippen molar-refractivity contribution in [2.75, 3.05) is 26.6 Å². The lowest BCUT2D eigenvalue weighted by Gasteiger charge is -2.24. The number of ether oxygens (including phenoxy) is 3. The van der Waals surface area contributed by atoms with Crippen molar-refractivity contribution in [2.24, 2.45) is 0 Å². The van der Waals surface area contributed by atoms with Gasteiger partial charge in [-0.3, -0.25) is 0 Å². The minimum absolute atomic E-state index is 0.0636. The monoisotopic (exact) mass is 409 g/mol. The van der Waals surface area contributed by atoms with Crippen molar-refractivity contribution in [1.29, 1.82) is 0 Å². The second-order valence-electron chi connectivity index (χ2n) is 7.58. The van der Waals surface area contributed by atoms with E-state index in [1.807, 2.05) is 0 Å². The maximum Gasteiger partial charge on any atom is 0.319 e. The van der Waals surface area contributed by atoms with E-state index in [4.69, 9.17) is 14.2 Å². The average molecular weight is 409 g/mol. The number of carbonyl (C=O) groups excluding carboxylic acids is 1. The van der Waals surface area contributed by atoms with Crippen LogP contribution in [0, 0.1) is 6.92 Å². The summed E-state index contributed by atoms with van der Waals surface area (Å²) in [5.41, 5.74) is 5.57. The highest BCUT2D eigenvalue weighted by molar-refractivity contribution is 5.90. The molecule has 7 heteroatoms. The van der Waals surface area contributed by atoms with Gasteiger partial charge in [-0.15, -0.1) is 0 Å². The first kappa shape index (κ1) is 19.9. The third-order valence-corrected chi connectivity index (χ3v) is 5.60. The summed E-state index contributed by atoms with van der Waals surface area (Å²) in [6, 6.07) is 9.70. The fourth-order valence-electron chi connectivity index (χ4n) is 4.17. The molecule has 1 aromatic heterocycles. The smallest absolute Gasteiger partial charge is 0.319 e. The molecule has 0 saturated heterocycles. The Bertz CT molecular complexity index is 1060. The zero-order valence-electron chi connectivity index (χ0n) is 17.7. The summed E-state index contributed by atoms with van der Waals surface area (Å²) in [7, 11) is 4.63. The lowest BCUT2D eigenvalue weighted by molar-refractivity contribution is 0.247. The molecule has 1 aliphatic carbocycles. The summed E-state index contributed by atoms with van der Waals surface area (Å²) in [6.07, 6.45) is 2.62. The van der Waals surface area contributed by atoms with E-state index in [2.05, 4.69) is 40.7 Å². The molecule has 4 rings (SSSR count). The number of urea groups is 1. The van der Waals surface area contributed by atoms with Crippen LogP contribution in [0.2, 0.25) is 0 Å². The molecule has 0 fully saturated rings. The zero-order chi connectivity index (χ0) is 21.3. The molecule has 0 saturated carbocycles.